The van der Waals surface area contributed by atoms with Gasteiger partial charge in [-0.2, -0.15) is 0 Å². The summed E-state index contributed by atoms with van der Waals surface area (Å²) in [6, 6.07) is 3.89. The summed E-state index contributed by atoms with van der Waals surface area (Å²) in [5.74, 6) is 0. The first-order chi connectivity index (χ1) is 6.33. The van der Waals surface area contributed by atoms with Crippen molar-refractivity contribution in [3.63, 3.8) is 0 Å². The van der Waals surface area contributed by atoms with Crippen LogP contribution in [0, 0.1) is 0 Å². The monoisotopic (exact) mass is 193 g/mol. The van der Waals surface area contributed by atoms with Gasteiger partial charge in [-0.1, -0.05) is 0 Å². The fourth-order valence-electron chi connectivity index (χ4n) is 1.30. The fraction of sp³-hybridized carbons (Fsp3) is 0.222. The van der Waals surface area contributed by atoms with Crippen LogP contribution in [0.25, 0.3) is 10.2 Å². The van der Waals surface area contributed by atoms with Crippen LogP contribution in [0.15, 0.2) is 17.6 Å². The Bertz CT molecular complexity index is 422. The van der Waals surface area contributed by atoms with E-state index in [1.165, 1.54) is 0 Å². The van der Waals surface area contributed by atoms with Gasteiger partial charge < -0.3 is 11.1 Å². The van der Waals surface area contributed by atoms with Gasteiger partial charge >= 0.3 is 0 Å². The summed E-state index contributed by atoms with van der Waals surface area (Å²) in [6.45, 7) is 2.96. The van der Waals surface area contributed by atoms with Gasteiger partial charge in [0.05, 0.1) is 21.6 Å². The Balaban J connectivity index is 2.64. The van der Waals surface area contributed by atoms with E-state index in [1.54, 1.807) is 11.3 Å². The van der Waals surface area contributed by atoms with Gasteiger partial charge in [-0.05, 0) is 19.1 Å². The average molecular weight is 193 g/mol. The maximum Gasteiger partial charge on any atom is 0.106 e. The first-order valence-electron chi connectivity index (χ1n) is 4.18. The van der Waals surface area contributed by atoms with Crippen LogP contribution in [0.1, 0.15) is 6.92 Å². The Morgan fingerprint density at radius 1 is 1.54 bits per heavy atom. The quantitative estimate of drug-likeness (QED) is 0.719. The second kappa shape index (κ2) is 3.22. The number of rotatable bonds is 2. The highest BCUT2D eigenvalue weighted by Crippen LogP contribution is 2.30. The van der Waals surface area contributed by atoms with Gasteiger partial charge in [-0.25, -0.2) is 4.98 Å². The molecule has 0 bridgehead atoms. The third kappa shape index (κ3) is 1.33. The molecule has 0 aliphatic carbocycles. The molecule has 3 nitrogen and oxygen atoms in total. The molecule has 0 saturated heterocycles. The Labute approximate surface area is 80.6 Å². The van der Waals surface area contributed by atoms with Crippen LogP contribution in [0.2, 0.25) is 0 Å². The Kier molecular flexibility index (Phi) is 2.06. The van der Waals surface area contributed by atoms with E-state index >= 15 is 0 Å². The first-order valence-corrected chi connectivity index (χ1v) is 5.06. The molecule has 0 unspecified atom stereocenters. The number of nitrogens with one attached hydrogen (secondary N) is 1. The zero-order valence-electron chi connectivity index (χ0n) is 7.37. The van der Waals surface area contributed by atoms with Gasteiger partial charge in [0.15, 0.2) is 0 Å². The number of anilines is 2. The Morgan fingerprint density at radius 3 is 3.15 bits per heavy atom. The van der Waals surface area contributed by atoms with Gasteiger partial charge in [-0.15, -0.1) is 11.3 Å². The highest BCUT2D eigenvalue weighted by Gasteiger charge is 2.05. The fourth-order valence-corrected chi connectivity index (χ4v) is 2.05. The van der Waals surface area contributed by atoms with E-state index in [4.69, 9.17) is 5.73 Å². The van der Waals surface area contributed by atoms with E-state index in [2.05, 4.69) is 17.2 Å². The predicted octanol–water partition coefficient (Wildman–Crippen LogP) is 2.31. The molecule has 0 radical (unpaired) electrons. The summed E-state index contributed by atoms with van der Waals surface area (Å²) in [4.78, 5) is 4.27. The molecule has 0 atom stereocenters. The van der Waals surface area contributed by atoms with Gasteiger partial charge in [0.1, 0.15) is 5.52 Å². The van der Waals surface area contributed by atoms with Crippen molar-refractivity contribution in [1.82, 2.24) is 4.98 Å². The lowest BCUT2D eigenvalue weighted by molar-refractivity contribution is 1.22. The highest BCUT2D eigenvalue weighted by molar-refractivity contribution is 7.17. The number of nitrogen functional groups attached to an aromatic ring is 1. The maximum atomic E-state index is 5.81. The number of thiazole rings is 1. The SMILES string of the molecule is CCNc1ccc(N)c2scnc12. The summed E-state index contributed by atoms with van der Waals surface area (Å²) in [6.07, 6.45) is 0. The van der Waals surface area contributed by atoms with E-state index in [0.29, 0.717) is 0 Å². The molecule has 0 fully saturated rings. The summed E-state index contributed by atoms with van der Waals surface area (Å²) in [5, 5.41) is 3.25. The average Bonchev–Trinajstić information content (AvgIpc) is 2.59. The van der Waals surface area contributed by atoms with E-state index in [1.807, 2.05) is 17.6 Å². The second-order valence-electron chi connectivity index (χ2n) is 2.76. The van der Waals surface area contributed by atoms with Crippen LogP contribution in [-0.2, 0) is 0 Å². The standard InChI is InChI=1S/C9H11N3S/c1-2-11-7-4-3-6(10)9-8(7)12-5-13-9/h3-5,11H,2,10H2,1H3. The second-order valence-corrected chi connectivity index (χ2v) is 3.62. The minimum Gasteiger partial charge on any atom is -0.398 e. The van der Waals surface area contributed by atoms with Crippen molar-refractivity contribution < 1.29 is 0 Å². The first kappa shape index (κ1) is 8.31. The smallest absolute Gasteiger partial charge is 0.106 e. The van der Waals surface area contributed by atoms with E-state index in [-0.39, 0.29) is 0 Å². The summed E-state index contributed by atoms with van der Waals surface area (Å²) < 4.78 is 1.07. The van der Waals surface area contributed by atoms with Crippen molar-refractivity contribution in [3.05, 3.63) is 17.6 Å². The molecule has 0 spiro atoms. The van der Waals surface area contributed by atoms with Crippen molar-refractivity contribution in [2.75, 3.05) is 17.6 Å². The zero-order valence-corrected chi connectivity index (χ0v) is 8.19. The molecule has 0 aliphatic rings. The van der Waals surface area contributed by atoms with E-state index < -0.39 is 0 Å². The van der Waals surface area contributed by atoms with Crippen molar-refractivity contribution in [2.24, 2.45) is 0 Å². The molecule has 2 aromatic rings. The van der Waals surface area contributed by atoms with Crippen molar-refractivity contribution >= 4 is 32.9 Å². The number of aromatic nitrogens is 1. The minimum atomic E-state index is 0.805. The van der Waals surface area contributed by atoms with E-state index in [0.717, 1.165) is 28.1 Å². The van der Waals surface area contributed by atoms with Crippen LogP contribution in [0.4, 0.5) is 11.4 Å². The van der Waals surface area contributed by atoms with Crippen molar-refractivity contribution in [3.8, 4) is 0 Å². The molecule has 68 valence electrons. The summed E-state index contributed by atoms with van der Waals surface area (Å²) in [5.41, 5.74) is 10.5. The molecule has 1 aromatic heterocycles. The third-order valence-corrected chi connectivity index (χ3v) is 2.76. The van der Waals surface area contributed by atoms with Gasteiger partial charge in [-0.3, -0.25) is 0 Å². The molecule has 13 heavy (non-hydrogen) atoms. The van der Waals surface area contributed by atoms with Crippen molar-refractivity contribution in [1.29, 1.82) is 0 Å². The lowest BCUT2D eigenvalue weighted by atomic mass is 10.2. The van der Waals surface area contributed by atoms with Crippen LogP contribution >= 0.6 is 11.3 Å². The molecule has 4 heteroatoms. The van der Waals surface area contributed by atoms with E-state index in [9.17, 15) is 0 Å². The number of nitrogens with two attached hydrogens (primary N) is 1. The van der Waals surface area contributed by atoms with Crippen molar-refractivity contribution in [2.45, 2.75) is 6.92 Å². The molecule has 1 heterocycles. The number of fused-ring (bicyclic) bond motifs is 1. The molecular formula is C9H11N3S. The zero-order chi connectivity index (χ0) is 9.26. The molecule has 0 aliphatic heterocycles. The molecule has 0 saturated carbocycles. The highest BCUT2D eigenvalue weighted by atomic mass is 32.1. The van der Waals surface area contributed by atoms with Crippen LogP contribution < -0.4 is 11.1 Å². The minimum absolute atomic E-state index is 0.805. The molecule has 1 aromatic carbocycles. The Morgan fingerprint density at radius 2 is 2.38 bits per heavy atom. The topological polar surface area (TPSA) is 50.9 Å². The lowest BCUT2D eigenvalue weighted by Crippen LogP contribution is -1.97. The third-order valence-electron chi connectivity index (χ3n) is 1.88. The van der Waals surface area contributed by atoms with Crippen LogP contribution in [0.3, 0.4) is 0 Å². The van der Waals surface area contributed by atoms with Crippen LogP contribution in [0.5, 0.6) is 0 Å². The molecule has 0 amide bonds. The lowest BCUT2D eigenvalue weighted by Gasteiger charge is -2.04. The predicted molar refractivity (Wildman–Crippen MR) is 58.2 cm³/mol. The number of nitrogens with zero attached hydrogens (tertiary/aromatic N) is 1. The number of hydrogen-bond donors (Lipinski definition) is 2. The Hall–Kier alpha value is -1.29. The number of benzene rings is 1. The van der Waals surface area contributed by atoms with Gasteiger partial charge in [0.2, 0.25) is 0 Å². The summed E-state index contributed by atoms with van der Waals surface area (Å²) >= 11 is 1.58. The number of hydrogen-bond acceptors (Lipinski definition) is 4. The normalized spacial score (nSPS) is 10.5. The van der Waals surface area contributed by atoms with Crippen LogP contribution in [-0.4, -0.2) is 11.5 Å². The molecule has 3 N–H and O–H groups in total. The van der Waals surface area contributed by atoms with Gasteiger partial charge in [0, 0.05) is 6.54 Å². The largest absolute Gasteiger partial charge is 0.398 e. The maximum absolute atomic E-state index is 5.81. The molecular weight excluding hydrogens is 182 g/mol. The summed E-state index contributed by atoms with van der Waals surface area (Å²) in [7, 11) is 0. The van der Waals surface area contributed by atoms with Gasteiger partial charge in [0.25, 0.3) is 0 Å². The molecule has 2 rings (SSSR count).